The van der Waals surface area contributed by atoms with Crippen LogP contribution in [-0.2, 0) is 32.7 Å². The third-order valence-electron chi connectivity index (χ3n) is 9.71. The Morgan fingerprint density at radius 1 is 1.09 bits per heavy atom. The number of carbonyl (C=O) groups excluding carboxylic acids is 1. The Morgan fingerprint density at radius 2 is 1.86 bits per heavy atom. The third kappa shape index (κ3) is 5.36. The number of rotatable bonds is 12. The second kappa shape index (κ2) is 10.8. The summed E-state index contributed by atoms with van der Waals surface area (Å²) in [6.07, 6.45) is 9.34. The molecule has 0 saturated heterocycles. The molecule has 3 aromatic rings. The van der Waals surface area contributed by atoms with E-state index < -0.39 is 15.6 Å². The number of ether oxygens (including phenoxy) is 1. The quantitative estimate of drug-likeness (QED) is 0.243. The van der Waals surface area contributed by atoms with Gasteiger partial charge in [0.1, 0.15) is 17.1 Å². The van der Waals surface area contributed by atoms with Gasteiger partial charge in [0.2, 0.25) is 0 Å². The molecule has 0 radical (unpaired) electrons. The van der Waals surface area contributed by atoms with Gasteiger partial charge in [-0.05, 0) is 87.0 Å². The summed E-state index contributed by atoms with van der Waals surface area (Å²) in [7, 11) is -3.99. The molecule has 9 nitrogen and oxygen atoms in total. The Morgan fingerprint density at radius 3 is 2.55 bits per heavy atom. The van der Waals surface area contributed by atoms with Crippen molar-refractivity contribution in [3.05, 3.63) is 64.9 Å². The van der Waals surface area contributed by atoms with Crippen LogP contribution in [0.3, 0.4) is 0 Å². The Bertz CT molecular complexity index is 1740. The first-order valence-electron chi connectivity index (χ1n) is 15.8. The minimum Gasteiger partial charge on any atom is -0.374 e. The fraction of sp³-hybridized carbons (Fsp3) is 0.500. The SMILES string of the molecule is CCCCC1=NC2(CC3(CC3)C2)C(=O)N1Cc1ccc(-c2ccccc2S(=O)(=O)Nc2noc(C)c2C)c(COC2CC2)c1. The summed E-state index contributed by atoms with van der Waals surface area (Å²) in [5, 5.41) is 3.90. The number of sulfonamides is 1. The molecule has 1 aliphatic heterocycles. The van der Waals surface area contributed by atoms with Gasteiger partial charge in [-0.2, -0.15) is 0 Å². The van der Waals surface area contributed by atoms with Crippen molar-refractivity contribution in [2.24, 2.45) is 10.4 Å². The molecule has 0 bridgehead atoms. The predicted octanol–water partition coefficient (Wildman–Crippen LogP) is 6.68. The maximum Gasteiger partial charge on any atom is 0.263 e. The van der Waals surface area contributed by atoms with Gasteiger partial charge in [0, 0.05) is 17.5 Å². The Labute approximate surface area is 259 Å². The molecule has 10 heteroatoms. The van der Waals surface area contributed by atoms with Crippen LogP contribution >= 0.6 is 0 Å². The Balaban J connectivity index is 1.20. The topological polar surface area (TPSA) is 114 Å². The minimum absolute atomic E-state index is 0.141. The molecule has 1 amide bonds. The molecular weight excluding hydrogens is 576 g/mol. The molecule has 3 aliphatic carbocycles. The van der Waals surface area contributed by atoms with Crippen LogP contribution in [0, 0.1) is 19.3 Å². The van der Waals surface area contributed by atoms with Gasteiger partial charge < -0.3 is 9.26 Å². The van der Waals surface area contributed by atoms with Gasteiger partial charge in [0.25, 0.3) is 15.9 Å². The van der Waals surface area contributed by atoms with Crippen molar-refractivity contribution in [2.75, 3.05) is 4.72 Å². The van der Waals surface area contributed by atoms with E-state index >= 15 is 0 Å². The number of aryl methyl sites for hydroxylation is 1. The lowest BCUT2D eigenvalue weighted by Crippen LogP contribution is -2.51. The summed E-state index contributed by atoms with van der Waals surface area (Å²) in [6, 6.07) is 13.0. The van der Waals surface area contributed by atoms with Crippen molar-refractivity contribution in [1.82, 2.24) is 10.1 Å². The van der Waals surface area contributed by atoms with Crippen molar-refractivity contribution < 1.29 is 22.5 Å². The van der Waals surface area contributed by atoms with Gasteiger partial charge >= 0.3 is 0 Å². The number of nitrogens with one attached hydrogen (secondary N) is 1. The Hall–Kier alpha value is -3.50. The average molecular weight is 617 g/mol. The van der Waals surface area contributed by atoms with Gasteiger partial charge in [-0.25, -0.2) is 8.42 Å². The zero-order valence-corrected chi connectivity index (χ0v) is 26.5. The lowest BCUT2D eigenvalue weighted by molar-refractivity contribution is -0.137. The number of nitrogens with zero attached hydrogens (tertiary/aromatic N) is 3. The molecule has 1 aromatic heterocycles. The first-order chi connectivity index (χ1) is 21.1. The van der Waals surface area contributed by atoms with E-state index in [9.17, 15) is 13.2 Å². The number of carbonyl (C=O) groups is 1. The maximum atomic E-state index is 13.8. The maximum absolute atomic E-state index is 13.8. The number of benzene rings is 2. The molecular formula is C34H40N4O5S. The van der Waals surface area contributed by atoms with E-state index in [2.05, 4.69) is 22.9 Å². The summed E-state index contributed by atoms with van der Waals surface area (Å²) in [4.78, 5) is 21.0. The van der Waals surface area contributed by atoms with Crippen molar-refractivity contribution in [2.45, 2.75) is 108 Å². The van der Waals surface area contributed by atoms with Crippen LogP contribution < -0.4 is 4.72 Å². The van der Waals surface area contributed by atoms with E-state index in [0.717, 1.165) is 67.5 Å². The second-order valence-corrected chi connectivity index (χ2v) is 14.9. The van der Waals surface area contributed by atoms with Crippen LogP contribution in [0.25, 0.3) is 11.1 Å². The van der Waals surface area contributed by atoms with E-state index in [1.807, 2.05) is 29.2 Å². The monoisotopic (exact) mass is 616 g/mol. The molecule has 3 fully saturated rings. The van der Waals surface area contributed by atoms with Gasteiger partial charge in [0.15, 0.2) is 5.82 Å². The second-order valence-electron chi connectivity index (χ2n) is 13.2. The highest BCUT2D eigenvalue weighted by molar-refractivity contribution is 7.92. The van der Waals surface area contributed by atoms with Crippen molar-refractivity contribution in [3.63, 3.8) is 0 Å². The summed E-state index contributed by atoms with van der Waals surface area (Å²) in [5.74, 6) is 1.79. The number of aromatic nitrogens is 1. The molecule has 3 saturated carbocycles. The van der Waals surface area contributed by atoms with Crippen LogP contribution in [0.15, 0.2) is 56.9 Å². The number of hydrogen-bond donors (Lipinski definition) is 1. The summed E-state index contributed by atoms with van der Waals surface area (Å²) in [6.45, 7) is 6.47. The zero-order valence-electron chi connectivity index (χ0n) is 25.7. The molecule has 4 aliphatic rings. The number of amidine groups is 1. The average Bonchev–Trinajstić information content (AvgIpc) is 3.92. The Kier molecular flexibility index (Phi) is 7.20. The zero-order chi connectivity index (χ0) is 30.7. The van der Waals surface area contributed by atoms with Gasteiger partial charge in [-0.3, -0.25) is 19.4 Å². The van der Waals surface area contributed by atoms with Crippen molar-refractivity contribution >= 4 is 27.6 Å². The van der Waals surface area contributed by atoms with Crippen LogP contribution in [0.4, 0.5) is 5.82 Å². The lowest BCUT2D eigenvalue weighted by atomic mass is 9.65. The molecule has 2 spiro atoms. The van der Waals surface area contributed by atoms with Crippen LogP contribution in [0.2, 0.25) is 0 Å². The molecule has 0 atom stereocenters. The van der Waals surface area contributed by atoms with Crippen LogP contribution in [0.1, 0.15) is 87.2 Å². The lowest BCUT2D eigenvalue weighted by Gasteiger charge is -2.42. The smallest absolute Gasteiger partial charge is 0.263 e. The highest BCUT2D eigenvalue weighted by Gasteiger charge is 2.67. The standard InChI is InChI=1S/C34H40N4O5S/c1-4-5-10-30-35-34(20-33(21-34)15-16-33)32(39)38(30)18-24-11-14-27(25(17-24)19-42-26-12-13-26)28-8-6-7-9-29(28)44(40,41)37-31-22(2)23(3)43-36-31/h6-9,11,14,17,26H,4-5,10,12-13,15-16,18-21H2,1-3H3,(H,36,37). The molecule has 1 N–H and O–H groups in total. The molecule has 7 rings (SSSR count). The fourth-order valence-corrected chi connectivity index (χ4v) is 8.01. The number of aliphatic imine (C=N–C) groups is 1. The van der Waals surface area contributed by atoms with Crippen LogP contribution in [-0.4, -0.2) is 41.9 Å². The third-order valence-corrected chi connectivity index (χ3v) is 11.1. The fourth-order valence-electron chi connectivity index (χ4n) is 6.73. The van der Waals surface area contributed by atoms with E-state index in [0.29, 0.717) is 35.5 Å². The van der Waals surface area contributed by atoms with Gasteiger partial charge in [-0.15, -0.1) is 0 Å². The molecule has 44 heavy (non-hydrogen) atoms. The first kappa shape index (κ1) is 29.2. The number of amides is 1. The highest BCUT2D eigenvalue weighted by atomic mass is 32.2. The van der Waals surface area contributed by atoms with Gasteiger partial charge in [-0.1, -0.05) is 54.9 Å². The van der Waals surface area contributed by atoms with Crippen LogP contribution in [0.5, 0.6) is 0 Å². The van der Waals surface area contributed by atoms with Crippen molar-refractivity contribution in [3.8, 4) is 11.1 Å². The largest absolute Gasteiger partial charge is 0.374 e. The molecule has 2 heterocycles. The predicted molar refractivity (Wildman–Crippen MR) is 168 cm³/mol. The summed E-state index contributed by atoms with van der Waals surface area (Å²) in [5.41, 5.74) is 3.67. The van der Waals surface area contributed by atoms with E-state index in [4.69, 9.17) is 14.3 Å². The molecule has 2 aromatic carbocycles. The van der Waals surface area contributed by atoms with E-state index in [1.54, 1.807) is 26.0 Å². The summed E-state index contributed by atoms with van der Waals surface area (Å²) < 4.78 is 41.3. The van der Waals surface area contributed by atoms with E-state index in [1.165, 1.54) is 12.8 Å². The summed E-state index contributed by atoms with van der Waals surface area (Å²) >= 11 is 0. The number of hydrogen-bond acceptors (Lipinski definition) is 7. The number of unbranched alkanes of at least 4 members (excludes halogenated alkanes) is 1. The first-order valence-corrected chi connectivity index (χ1v) is 17.3. The van der Waals surface area contributed by atoms with Crippen molar-refractivity contribution in [1.29, 1.82) is 0 Å². The van der Waals surface area contributed by atoms with E-state index in [-0.39, 0.29) is 22.7 Å². The normalized spacial score (nSPS) is 19.8. The molecule has 0 unspecified atom stereocenters. The van der Waals surface area contributed by atoms with Gasteiger partial charge in [0.05, 0.1) is 24.2 Å². The minimum atomic E-state index is -3.99. The highest BCUT2D eigenvalue weighted by Crippen LogP contribution is 2.67. The molecule has 232 valence electrons. The number of anilines is 1.